The molecule has 1 aliphatic heterocycles. The Morgan fingerprint density at radius 1 is 1.22 bits per heavy atom. The number of aromatic nitrogens is 2. The maximum Gasteiger partial charge on any atom is 0.258 e. The second-order valence-electron chi connectivity index (χ2n) is 9.85. The van der Waals surface area contributed by atoms with E-state index < -0.39 is 5.54 Å². The molecule has 4 rings (SSSR count). The number of nitriles is 1. The maximum atomic E-state index is 12.3. The van der Waals surface area contributed by atoms with Crippen LogP contribution >= 0.6 is 0 Å². The molecule has 0 saturated heterocycles. The zero-order valence-electron chi connectivity index (χ0n) is 21.5. The lowest BCUT2D eigenvalue weighted by Crippen LogP contribution is -2.56. The average molecular weight is 504 g/mol. The van der Waals surface area contributed by atoms with Crippen LogP contribution in [-0.2, 0) is 17.6 Å². The summed E-state index contributed by atoms with van der Waals surface area (Å²) in [5.74, 6) is 0.939. The molecule has 1 amide bonds. The lowest BCUT2D eigenvalue weighted by Gasteiger charge is -2.38. The molecule has 3 N–H and O–H groups in total. The summed E-state index contributed by atoms with van der Waals surface area (Å²) in [5, 5.41) is 23.0. The van der Waals surface area contributed by atoms with Crippen molar-refractivity contribution in [1.82, 2.24) is 15.0 Å². The van der Waals surface area contributed by atoms with Gasteiger partial charge in [0, 0.05) is 30.8 Å². The van der Waals surface area contributed by atoms with Crippen molar-refractivity contribution in [3.63, 3.8) is 0 Å². The first kappa shape index (κ1) is 26.3. The molecular formula is C28H33N5O4. The Balaban J connectivity index is 1.54. The summed E-state index contributed by atoms with van der Waals surface area (Å²) in [4.78, 5) is 19.0. The number of fused-ring (bicyclic) bond motifs is 1. The molecule has 1 aromatic heterocycles. The van der Waals surface area contributed by atoms with E-state index in [1.54, 1.807) is 18.2 Å². The third-order valence-electron chi connectivity index (χ3n) is 6.95. The smallest absolute Gasteiger partial charge is 0.258 e. The Morgan fingerprint density at radius 3 is 2.62 bits per heavy atom. The number of ether oxygens (including phenoxy) is 1. The van der Waals surface area contributed by atoms with E-state index in [-0.39, 0.29) is 18.6 Å². The van der Waals surface area contributed by atoms with E-state index in [0.717, 1.165) is 18.4 Å². The van der Waals surface area contributed by atoms with Gasteiger partial charge in [-0.3, -0.25) is 9.69 Å². The number of aliphatic hydroxyl groups is 1. The number of benzene rings is 2. The normalized spacial score (nSPS) is 15.5. The van der Waals surface area contributed by atoms with Crippen LogP contribution in [0.2, 0.25) is 0 Å². The van der Waals surface area contributed by atoms with Gasteiger partial charge in [-0.2, -0.15) is 10.2 Å². The van der Waals surface area contributed by atoms with Gasteiger partial charge in [0.2, 0.25) is 11.7 Å². The summed E-state index contributed by atoms with van der Waals surface area (Å²) in [6.07, 6.45) is 2.54. The molecule has 0 spiro atoms. The molecule has 3 aromatic rings. The van der Waals surface area contributed by atoms with E-state index >= 15 is 0 Å². The number of carbonyl (C=O) groups is 1. The molecule has 9 heteroatoms. The van der Waals surface area contributed by atoms with Gasteiger partial charge in [-0.1, -0.05) is 17.3 Å². The number of hydrogen-bond acceptors (Lipinski definition) is 8. The molecular weight excluding hydrogens is 470 g/mol. The van der Waals surface area contributed by atoms with Crippen LogP contribution in [0.25, 0.3) is 22.8 Å². The highest BCUT2D eigenvalue weighted by atomic mass is 16.5. The van der Waals surface area contributed by atoms with Crippen molar-refractivity contribution in [3.05, 3.63) is 53.1 Å². The van der Waals surface area contributed by atoms with Gasteiger partial charge < -0.3 is 20.1 Å². The summed E-state index contributed by atoms with van der Waals surface area (Å²) in [6.45, 7) is 7.10. The highest BCUT2D eigenvalue weighted by Gasteiger charge is 2.37. The van der Waals surface area contributed by atoms with E-state index in [1.165, 1.54) is 11.1 Å². The van der Waals surface area contributed by atoms with Gasteiger partial charge in [0.1, 0.15) is 11.8 Å². The summed E-state index contributed by atoms with van der Waals surface area (Å²) < 4.78 is 11.2. The second-order valence-corrected chi connectivity index (χ2v) is 9.85. The van der Waals surface area contributed by atoms with Crippen molar-refractivity contribution < 1.29 is 19.2 Å². The lowest BCUT2D eigenvalue weighted by molar-refractivity contribution is -0.130. The zero-order valence-corrected chi connectivity index (χ0v) is 21.5. The van der Waals surface area contributed by atoms with Crippen LogP contribution in [0, 0.1) is 11.3 Å². The van der Waals surface area contributed by atoms with E-state index in [9.17, 15) is 15.2 Å². The number of hydrogen-bond donors (Lipinski definition) is 2. The van der Waals surface area contributed by atoms with Crippen LogP contribution in [0.3, 0.4) is 0 Å². The number of aliphatic hydroxyl groups excluding tert-OH is 1. The van der Waals surface area contributed by atoms with Crippen LogP contribution < -0.4 is 10.5 Å². The largest absolute Gasteiger partial charge is 0.490 e. The number of nitrogens with zero attached hydrogens (tertiary/aromatic N) is 4. The molecule has 9 nitrogen and oxygen atoms in total. The highest BCUT2D eigenvalue weighted by molar-refractivity contribution is 5.84. The summed E-state index contributed by atoms with van der Waals surface area (Å²) in [7, 11) is 0. The van der Waals surface area contributed by atoms with Crippen molar-refractivity contribution in [2.45, 2.75) is 58.1 Å². The monoisotopic (exact) mass is 503 g/mol. The van der Waals surface area contributed by atoms with Gasteiger partial charge in [0.15, 0.2) is 0 Å². The molecule has 194 valence electrons. The first-order valence-electron chi connectivity index (χ1n) is 12.6. The second kappa shape index (κ2) is 11.1. The van der Waals surface area contributed by atoms with Gasteiger partial charge in [0.25, 0.3) is 5.89 Å². The lowest BCUT2D eigenvalue weighted by atomic mass is 9.92. The zero-order chi connectivity index (χ0) is 26.6. The molecule has 0 radical (unpaired) electrons. The fourth-order valence-corrected chi connectivity index (χ4v) is 4.78. The number of rotatable bonds is 9. The SMILES string of the molecule is CC(C)Oc1ccc(-c2nc(-c3ccc4c(c3)CCN(C(C)(CCCO)C(N)=O)CC4)no2)cc1C#N. The van der Waals surface area contributed by atoms with Gasteiger partial charge in [-0.25, -0.2) is 0 Å². The van der Waals surface area contributed by atoms with Crippen LogP contribution in [0.1, 0.15) is 50.3 Å². The molecule has 0 fully saturated rings. The minimum absolute atomic E-state index is 0.0284. The third kappa shape index (κ3) is 5.66. The summed E-state index contributed by atoms with van der Waals surface area (Å²) in [5.41, 5.74) is 9.25. The Labute approximate surface area is 216 Å². The average Bonchev–Trinajstić information content (AvgIpc) is 3.27. The highest BCUT2D eigenvalue weighted by Crippen LogP contribution is 2.30. The fourth-order valence-electron chi connectivity index (χ4n) is 4.78. The maximum absolute atomic E-state index is 12.3. The Kier molecular flexibility index (Phi) is 7.91. The number of amides is 1. The Morgan fingerprint density at radius 2 is 1.95 bits per heavy atom. The Bertz CT molecular complexity index is 1310. The van der Waals surface area contributed by atoms with Crippen molar-refractivity contribution in [2.75, 3.05) is 19.7 Å². The van der Waals surface area contributed by atoms with Crippen molar-refractivity contribution >= 4 is 5.91 Å². The van der Waals surface area contributed by atoms with E-state index in [2.05, 4.69) is 33.2 Å². The molecule has 1 unspecified atom stereocenters. The van der Waals surface area contributed by atoms with Crippen LogP contribution in [0.4, 0.5) is 0 Å². The summed E-state index contributed by atoms with van der Waals surface area (Å²) in [6, 6.07) is 13.5. The predicted molar refractivity (Wildman–Crippen MR) is 139 cm³/mol. The molecule has 0 bridgehead atoms. The number of nitrogens with two attached hydrogens (primary N) is 1. The fraction of sp³-hybridized carbons (Fsp3) is 0.429. The molecule has 2 aromatic carbocycles. The third-order valence-corrected chi connectivity index (χ3v) is 6.95. The van der Waals surface area contributed by atoms with Gasteiger partial charge in [-0.05, 0) is 81.8 Å². The van der Waals surface area contributed by atoms with E-state index in [4.69, 9.17) is 15.0 Å². The number of carbonyl (C=O) groups excluding carboxylic acids is 1. The van der Waals surface area contributed by atoms with Crippen LogP contribution in [0.5, 0.6) is 5.75 Å². The molecule has 1 atom stereocenters. The minimum Gasteiger partial charge on any atom is -0.490 e. The quantitative estimate of drug-likeness (QED) is 0.453. The topological polar surface area (TPSA) is 138 Å². The Hall–Kier alpha value is -3.74. The predicted octanol–water partition coefficient (Wildman–Crippen LogP) is 3.48. The first-order chi connectivity index (χ1) is 17.7. The molecule has 2 heterocycles. The summed E-state index contributed by atoms with van der Waals surface area (Å²) >= 11 is 0. The van der Waals surface area contributed by atoms with Gasteiger partial charge in [0.05, 0.1) is 17.2 Å². The minimum atomic E-state index is -0.797. The van der Waals surface area contributed by atoms with Crippen LogP contribution in [-0.4, -0.2) is 57.4 Å². The van der Waals surface area contributed by atoms with Gasteiger partial charge >= 0.3 is 0 Å². The van der Waals surface area contributed by atoms with Crippen LogP contribution in [0.15, 0.2) is 40.9 Å². The first-order valence-corrected chi connectivity index (χ1v) is 12.6. The molecule has 0 aliphatic carbocycles. The molecule has 37 heavy (non-hydrogen) atoms. The van der Waals surface area contributed by atoms with E-state index in [0.29, 0.717) is 54.5 Å². The van der Waals surface area contributed by atoms with Crippen molar-refractivity contribution in [3.8, 4) is 34.7 Å². The number of primary amides is 1. The van der Waals surface area contributed by atoms with Crippen molar-refractivity contribution in [2.24, 2.45) is 5.73 Å². The molecule has 1 aliphatic rings. The van der Waals surface area contributed by atoms with Crippen molar-refractivity contribution in [1.29, 1.82) is 5.26 Å². The standard InChI is InChI=1S/C28H33N5O4/c1-18(2)36-24-8-7-22(16-23(24)17-29)26-31-25(32-37-26)21-6-5-19-9-12-33(13-10-20(19)15-21)28(3,27(30)35)11-4-14-34/h5-8,15-16,18,34H,4,9-14H2,1-3H3,(H2,30,35). The van der Waals surface area contributed by atoms with E-state index in [1.807, 2.05) is 26.8 Å². The van der Waals surface area contributed by atoms with Gasteiger partial charge in [-0.15, -0.1) is 0 Å². The molecule has 0 saturated carbocycles.